The van der Waals surface area contributed by atoms with Crippen molar-refractivity contribution in [1.82, 2.24) is 5.32 Å². The average molecular weight is 292 g/mol. The van der Waals surface area contributed by atoms with Crippen LogP contribution >= 0.6 is 0 Å². The number of hydrogen-bond acceptors (Lipinski definition) is 1. The van der Waals surface area contributed by atoms with Crippen molar-refractivity contribution in [2.75, 3.05) is 6.54 Å². The molecule has 1 aromatic rings. The molecule has 0 fully saturated rings. The molecule has 0 aliphatic carbocycles. The quantitative estimate of drug-likeness (QED) is 0.741. The summed E-state index contributed by atoms with van der Waals surface area (Å²) in [5.74, 6) is 2.25. The van der Waals surface area contributed by atoms with Gasteiger partial charge in [-0.1, -0.05) is 76.8 Å². The van der Waals surface area contributed by atoms with E-state index in [2.05, 4.69) is 76.9 Å². The van der Waals surface area contributed by atoms with Gasteiger partial charge >= 0.3 is 0 Å². The van der Waals surface area contributed by atoms with Gasteiger partial charge in [0.05, 0.1) is 8.07 Å². The summed E-state index contributed by atoms with van der Waals surface area (Å²) in [6, 6.07) is 9.23. The molecule has 0 saturated carbocycles. The molecule has 1 N–H and O–H groups in total. The molecule has 0 spiro atoms. The number of benzene rings is 1. The van der Waals surface area contributed by atoms with Crippen molar-refractivity contribution in [3.63, 3.8) is 0 Å². The molecule has 1 rings (SSSR count). The minimum Gasteiger partial charge on any atom is -0.312 e. The van der Waals surface area contributed by atoms with Crippen LogP contribution in [0.1, 0.15) is 33.3 Å². The molecule has 0 saturated heterocycles. The Morgan fingerprint density at radius 3 is 1.80 bits per heavy atom. The predicted molar refractivity (Wildman–Crippen MR) is 94.3 cm³/mol. The fourth-order valence-electron chi connectivity index (χ4n) is 2.75. The Labute approximate surface area is 127 Å². The summed E-state index contributed by atoms with van der Waals surface area (Å²) in [4.78, 5) is 0. The van der Waals surface area contributed by atoms with E-state index in [0.717, 1.165) is 30.8 Å². The molecular weight excluding hydrogens is 258 g/mol. The highest BCUT2D eigenvalue weighted by Gasteiger charge is 2.17. The fraction of sp³-hybridized carbons (Fsp3) is 0.667. The Morgan fingerprint density at radius 2 is 1.40 bits per heavy atom. The molecule has 0 aromatic heterocycles. The van der Waals surface area contributed by atoms with Gasteiger partial charge in [-0.25, -0.2) is 0 Å². The van der Waals surface area contributed by atoms with Gasteiger partial charge in [0.2, 0.25) is 0 Å². The summed E-state index contributed by atoms with van der Waals surface area (Å²) in [5.41, 5.74) is 1.40. The first-order chi connectivity index (χ1) is 9.21. The van der Waals surface area contributed by atoms with Gasteiger partial charge in [-0.05, 0) is 29.9 Å². The zero-order valence-corrected chi connectivity index (χ0v) is 15.5. The average Bonchev–Trinajstić information content (AvgIpc) is 2.33. The zero-order chi connectivity index (χ0) is 15.3. The first-order valence-electron chi connectivity index (χ1n) is 8.02. The summed E-state index contributed by atoms with van der Waals surface area (Å²) >= 11 is 0. The molecule has 0 aliphatic rings. The van der Waals surface area contributed by atoms with Crippen LogP contribution in [0.5, 0.6) is 0 Å². The van der Waals surface area contributed by atoms with Crippen LogP contribution in [0.2, 0.25) is 19.6 Å². The van der Waals surface area contributed by atoms with Gasteiger partial charge in [-0.3, -0.25) is 0 Å². The van der Waals surface area contributed by atoms with Crippen LogP contribution in [0.4, 0.5) is 0 Å². The minimum atomic E-state index is -1.16. The van der Waals surface area contributed by atoms with Gasteiger partial charge in [0.25, 0.3) is 0 Å². The van der Waals surface area contributed by atoms with Crippen LogP contribution < -0.4 is 10.5 Å². The Kier molecular flexibility index (Phi) is 6.47. The van der Waals surface area contributed by atoms with Gasteiger partial charge in [-0.2, -0.15) is 0 Å². The molecule has 114 valence electrons. The first kappa shape index (κ1) is 17.4. The van der Waals surface area contributed by atoms with Gasteiger partial charge in [0.15, 0.2) is 0 Å². The van der Waals surface area contributed by atoms with Crippen LogP contribution in [0.25, 0.3) is 0 Å². The van der Waals surface area contributed by atoms with Gasteiger partial charge in [-0.15, -0.1) is 0 Å². The normalized spacial score (nSPS) is 12.7. The molecule has 0 bridgehead atoms. The highest BCUT2D eigenvalue weighted by Crippen LogP contribution is 2.19. The second-order valence-corrected chi connectivity index (χ2v) is 12.8. The largest absolute Gasteiger partial charge is 0.312 e. The van der Waals surface area contributed by atoms with Crippen LogP contribution in [-0.4, -0.2) is 14.6 Å². The van der Waals surface area contributed by atoms with E-state index >= 15 is 0 Å². The topological polar surface area (TPSA) is 12.0 Å². The Balaban J connectivity index is 2.50. The van der Waals surface area contributed by atoms with Crippen molar-refractivity contribution in [2.45, 2.75) is 53.9 Å². The summed E-state index contributed by atoms with van der Waals surface area (Å²) in [6.07, 6.45) is 0. The van der Waals surface area contributed by atoms with E-state index in [0.29, 0.717) is 0 Å². The van der Waals surface area contributed by atoms with Crippen molar-refractivity contribution >= 4 is 13.3 Å². The van der Waals surface area contributed by atoms with E-state index in [-0.39, 0.29) is 0 Å². The SMILES string of the molecule is CC(C)C(CNCc1ccc([Si](C)(C)C)cc1)C(C)C. The molecule has 0 aliphatic heterocycles. The van der Waals surface area contributed by atoms with E-state index in [1.807, 2.05) is 0 Å². The first-order valence-corrected chi connectivity index (χ1v) is 11.5. The van der Waals surface area contributed by atoms with Crippen LogP contribution in [0.3, 0.4) is 0 Å². The molecule has 1 nitrogen and oxygen atoms in total. The van der Waals surface area contributed by atoms with Gasteiger partial charge in [0, 0.05) is 6.54 Å². The second kappa shape index (κ2) is 7.42. The highest BCUT2D eigenvalue weighted by molar-refractivity contribution is 6.88. The lowest BCUT2D eigenvalue weighted by Crippen LogP contribution is -2.37. The van der Waals surface area contributed by atoms with Crippen molar-refractivity contribution in [3.8, 4) is 0 Å². The van der Waals surface area contributed by atoms with Gasteiger partial charge < -0.3 is 5.32 Å². The smallest absolute Gasteiger partial charge is 0.0775 e. The lowest BCUT2D eigenvalue weighted by molar-refractivity contribution is 0.275. The summed E-state index contributed by atoms with van der Waals surface area (Å²) < 4.78 is 0. The predicted octanol–water partition coefficient (Wildman–Crippen LogP) is 4.25. The molecule has 0 atom stereocenters. The standard InChI is InChI=1S/C18H33NSi/c1-14(2)18(15(3)4)13-19-12-16-8-10-17(11-9-16)20(5,6)7/h8-11,14-15,18-19H,12-13H2,1-7H3. The summed E-state index contributed by atoms with van der Waals surface area (Å²) in [7, 11) is -1.16. The van der Waals surface area contributed by atoms with E-state index in [1.165, 1.54) is 5.56 Å². The van der Waals surface area contributed by atoms with Crippen molar-refractivity contribution in [1.29, 1.82) is 0 Å². The van der Waals surface area contributed by atoms with Crippen molar-refractivity contribution < 1.29 is 0 Å². The highest BCUT2D eigenvalue weighted by atomic mass is 28.3. The Bertz CT molecular complexity index is 379. The number of nitrogens with one attached hydrogen (secondary N) is 1. The van der Waals surface area contributed by atoms with Gasteiger partial charge in [0.1, 0.15) is 0 Å². The lowest BCUT2D eigenvalue weighted by atomic mass is 9.85. The Hall–Kier alpha value is -0.603. The molecule has 1 aromatic carbocycles. The maximum atomic E-state index is 3.63. The maximum absolute atomic E-state index is 3.63. The van der Waals surface area contributed by atoms with Crippen molar-refractivity contribution in [3.05, 3.63) is 29.8 Å². The third kappa shape index (κ3) is 5.41. The Morgan fingerprint density at radius 1 is 0.900 bits per heavy atom. The third-order valence-electron chi connectivity index (χ3n) is 4.24. The van der Waals surface area contributed by atoms with Crippen molar-refractivity contribution in [2.24, 2.45) is 17.8 Å². The maximum Gasteiger partial charge on any atom is 0.0775 e. The van der Waals surface area contributed by atoms with Crippen LogP contribution in [0, 0.1) is 17.8 Å². The van der Waals surface area contributed by atoms with E-state index < -0.39 is 8.07 Å². The zero-order valence-electron chi connectivity index (χ0n) is 14.5. The molecule has 2 heteroatoms. The summed E-state index contributed by atoms with van der Waals surface area (Å²) in [6.45, 7) is 18.6. The molecule has 0 heterocycles. The molecule has 0 unspecified atom stereocenters. The third-order valence-corrected chi connectivity index (χ3v) is 6.31. The van der Waals surface area contributed by atoms with Crippen LogP contribution in [0.15, 0.2) is 24.3 Å². The van der Waals surface area contributed by atoms with Crippen LogP contribution in [-0.2, 0) is 6.54 Å². The van der Waals surface area contributed by atoms with E-state index in [1.54, 1.807) is 5.19 Å². The molecule has 20 heavy (non-hydrogen) atoms. The monoisotopic (exact) mass is 291 g/mol. The van der Waals surface area contributed by atoms with E-state index in [4.69, 9.17) is 0 Å². The molecule has 0 amide bonds. The van der Waals surface area contributed by atoms with E-state index in [9.17, 15) is 0 Å². The number of hydrogen-bond donors (Lipinski definition) is 1. The molecular formula is C18H33NSi. The lowest BCUT2D eigenvalue weighted by Gasteiger charge is -2.25. The summed E-state index contributed by atoms with van der Waals surface area (Å²) in [5, 5.41) is 5.18. The second-order valence-electron chi connectivity index (χ2n) is 7.73. The number of rotatable bonds is 7. The molecule has 0 radical (unpaired) electrons. The minimum absolute atomic E-state index is 0.747. The fourth-order valence-corrected chi connectivity index (χ4v) is 3.91.